The lowest BCUT2D eigenvalue weighted by Gasteiger charge is -2.10. The fourth-order valence-corrected chi connectivity index (χ4v) is 2.38. The second kappa shape index (κ2) is 6.14. The quantitative estimate of drug-likeness (QED) is 0.391. The summed E-state index contributed by atoms with van der Waals surface area (Å²) in [6.07, 6.45) is 1.03. The molecular weight excluding hydrogens is 344 g/mol. The van der Waals surface area contributed by atoms with Crippen molar-refractivity contribution >= 4 is 27.7 Å². The van der Waals surface area contributed by atoms with Crippen molar-refractivity contribution in [3.8, 4) is 11.5 Å². The van der Waals surface area contributed by atoms with E-state index in [4.69, 9.17) is 9.66 Å². The minimum atomic E-state index is -4.87. The molecule has 1 aromatic heterocycles. The average molecular weight is 354 g/mol. The van der Waals surface area contributed by atoms with Gasteiger partial charge in [0.05, 0.1) is 17.4 Å². The fraction of sp³-hybridized carbons (Fsp3) is 0. The smallest absolute Gasteiger partial charge is 0.354 e. The molecule has 0 unspecified atom stereocenters. The molecule has 24 heavy (non-hydrogen) atoms. The Balaban J connectivity index is 2.36. The number of nitrogens with zero attached hydrogens (tertiary/aromatic N) is 1. The number of anilines is 1. The molecule has 5 N–H and O–H groups in total. The minimum absolute atomic E-state index is 0.0566. The zero-order valence-corrected chi connectivity index (χ0v) is 12.5. The standard InChI is InChI=1S/C13H10N2O8S/c16-7-3-8(11(17)10(4-7)24(21,22)23)12(18)15-6-1-2-9(13(19)20)14-5-6/h1-5,16-17H,(H,15,18)(H,19,20)(H,21,22,23). The van der Waals surface area contributed by atoms with E-state index in [1.165, 1.54) is 6.07 Å². The van der Waals surface area contributed by atoms with E-state index in [-0.39, 0.29) is 11.4 Å². The predicted molar refractivity (Wildman–Crippen MR) is 78.7 cm³/mol. The van der Waals surface area contributed by atoms with Crippen molar-refractivity contribution < 1.29 is 37.9 Å². The molecule has 0 saturated carbocycles. The van der Waals surface area contributed by atoms with Crippen LogP contribution < -0.4 is 5.32 Å². The van der Waals surface area contributed by atoms with Crippen LogP contribution in [0.15, 0.2) is 35.4 Å². The number of carbonyl (C=O) groups excluding carboxylic acids is 1. The van der Waals surface area contributed by atoms with Gasteiger partial charge in [0.25, 0.3) is 16.0 Å². The van der Waals surface area contributed by atoms with Gasteiger partial charge in [0.15, 0.2) is 0 Å². The number of aromatic nitrogens is 1. The van der Waals surface area contributed by atoms with Gasteiger partial charge in [-0.2, -0.15) is 8.42 Å². The molecule has 1 amide bonds. The third-order valence-corrected chi connectivity index (χ3v) is 3.69. The number of aromatic hydroxyl groups is 2. The molecular formula is C13H10N2O8S. The Morgan fingerprint density at radius 2 is 1.79 bits per heavy atom. The third-order valence-electron chi connectivity index (χ3n) is 2.82. The zero-order chi connectivity index (χ0) is 18.1. The number of aromatic carboxylic acids is 1. The number of benzene rings is 1. The Labute approximate surface area is 134 Å². The lowest BCUT2D eigenvalue weighted by Crippen LogP contribution is -2.14. The highest BCUT2D eigenvalue weighted by Gasteiger charge is 2.23. The summed E-state index contributed by atoms with van der Waals surface area (Å²) in [5.41, 5.74) is -0.826. The maximum Gasteiger partial charge on any atom is 0.354 e. The maximum atomic E-state index is 12.1. The summed E-state index contributed by atoms with van der Waals surface area (Å²) < 4.78 is 31.2. The normalized spacial score (nSPS) is 11.0. The fourth-order valence-electron chi connectivity index (χ4n) is 1.76. The molecule has 0 aliphatic carbocycles. The van der Waals surface area contributed by atoms with Gasteiger partial charge in [0.1, 0.15) is 22.1 Å². The first-order valence-electron chi connectivity index (χ1n) is 6.13. The third kappa shape index (κ3) is 3.59. The molecule has 1 heterocycles. The summed E-state index contributed by atoms with van der Waals surface area (Å²) in [5, 5.41) is 30.2. The summed E-state index contributed by atoms with van der Waals surface area (Å²) in [6, 6.07) is 3.70. The van der Waals surface area contributed by atoms with Gasteiger partial charge in [-0.25, -0.2) is 9.78 Å². The first-order chi connectivity index (χ1) is 11.1. The number of phenols is 2. The van der Waals surface area contributed by atoms with Gasteiger partial charge in [0.2, 0.25) is 0 Å². The first-order valence-corrected chi connectivity index (χ1v) is 7.58. The van der Waals surface area contributed by atoms with Crippen LogP contribution in [0.5, 0.6) is 11.5 Å². The number of pyridine rings is 1. The van der Waals surface area contributed by atoms with Gasteiger partial charge in [-0.15, -0.1) is 0 Å². The molecule has 0 atom stereocenters. The number of hydrogen-bond donors (Lipinski definition) is 5. The van der Waals surface area contributed by atoms with E-state index < -0.39 is 44.0 Å². The van der Waals surface area contributed by atoms with Crippen LogP contribution in [0.4, 0.5) is 5.69 Å². The number of carboxylic acid groups (broad SMARTS) is 1. The van der Waals surface area contributed by atoms with Crippen molar-refractivity contribution in [3.63, 3.8) is 0 Å². The molecule has 0 aliphatic rings. The highest BCUT2D eigenvalue weighted by Crippen LogP contribution is 2.31. The van der Waals surface area contributed by atoms with Crippen molar-refractivity contribution in [2.24, 2.45) is 0 Å². The highest BCUT2D eigenvalue weighted by molar-refractivity contribution is 7.86. The average Bonchev–Trinajstić information content (AvgIpc) is 2.48. The van der Waals surface area contributed by atoms with E-state index in [0.29, 0.717) is 6.07 Å². The Hall–Kier alpha value is -3.18. The molecule has 0 saturated heterocycles. The number of hydrogen-bond acceptors (Lipinski definition) is 7. The van der Waals surface area contributed by atoms with Crippen LogP contribution in [-0.2, 0) is 10.1 Å². The molecule has 2 aromatic rings. The molecule has 126 valence electrons. The Morgan fingerprint density at radius 1 is 1.12 bits per heavy atom. The first kappa shape index (κ1) is 17.2. The predicted octanol–water partition coefficient (Wildman–Crippen LogP) is 0.690. The van der Waals surface area contributed by atoms with Crippen molar-refractivity contribution in [2.75, 3.05) is 5.32 Å². The van der Waals surface area contributed by atoms with Gasteiger partial charge in [-0.3, -0.25) is 9.35 Å². The lowest BCUT2D eigenvalue weighted by molar-refractivity contribution is 0.0690. The summed E-state index contributed by atoms with van der Waals surface area (Å²) in [7, 11) is -4.87. The number of carbonyl (C=O) groups is 2. The SMILES string of the molecule is O=C(O)c1ccc(NC(=O)c2cc(O)cc(S(=O)(=O)O)c2O)cn1. The van der Waals surface area contributed by atoms with Crippen molar-refractivity contribution in [3.05, 3.63) is 41.7 Å². The van der Waals surface area contributed by atoms with Crippen molar-refractivity contribution in [2.45, 2.75) is 4.90 Å². The molecule has 0 bridgehead atoms. The van der Waals surface area contributed by atoms with Crippen LogP contribution >= 0.6 is 0 Å². The van der Waals surface area contributed by atoms with E-state index in [9.17, 15) is 28.2 Å². The van der Waals surface area contributed by atoms with E-state index in [1.807, 2.05) is 0 Å². The van der Waals surface area contributed by atoms with Gasteiger partial charge in [-0.1, -0.05) is 0 Å². The Morgan fingerprint density at radius 3 is 2.29 bits per heavy atom. The molecule has 0 radical (unpaired) electrons. The Kier molecular flexibility index (Phi) is 4.39. The monoisotopic (exact) mass is 354 g/mol. The summed E-state index contributed by atoms with van der Waals surface area (Å²) in [4.78, 5) is 25.3. The van der Waals surface area contributed by atoms with Gasteiger partial charge in [-0.05, 0) is 18.2 Å². The highest BCUT2D eigenvalue weighted by atomic mass is 32.2. The van der Waals surface area contributed by atoms with Gasteiger partial charge < -0.3 is 20.6 Å². The van der Waals surface area contributed by atoms with Crippen LogP contribution in [-0.4, -0.2) is 45.2 Å². The lowest BCUT2D eigenvalue weighted by atomic mass is 10.1. The number of rotatable bonds is 4. The van der Waals surface area contributed by atoms with Crippen LogP contribution in [0.1, 0.15) is 20.8 Å². The summed E-state index contributed by atoms with van der Waals surface area (Å²) in [5.74, 6) is -4.01. The molecule has 1 aromatic carbocycles. The molecule has 11 heteroatoms. The zero-order valence-electron chi connectivity index (χ0n) is 11.7. The topological polar surface area (TPSA) is 174 Å². The van der Waals surface area contributed by atoms with E-state index in [1.54, 1.807) is 0 Å². The minimum Gasteiger partial charge on any atom is -0.508 e. The number of nitrogens with one attached hydrogen (secondary N) is 1. The molecule has 10 nitrogen and oxygen atoms in total. The maximum absolute atomic E-state index is 12.1. The number of phenolic OH excluding ortho intramolecular Hbond substituents is 2. The largest absolute Gasteiger partial charge is 0.508 e. The van der Waals surface area contributed by atoms with E-state index in [2.05, 4.69) is 10.3 Å². The molecule has 0 aliphatic heterocycles. The second-order valence-corrected chi connectivity index (χ2v) is 5.90. The van der Waals surface area contributed by atoms with E-state index in [0.717, 1.165) is 18.3 Å². The van der Waals surface area contributed by atoms with Crippen molar-refractivity contribution in [1.82, 2.24) is 4.98 Å². The molecule has 2 rings (SSSR count). The Bertz CT molecular complexity index is 922. The van der Waals surface area contributed by atoms with Crippen molar-refractivity contribution in [1.29, 1.82) is 0 Å². The van der Waals surface area contributed by atoms with Crippen LogP contribution in [0.25, 0.3) is 0 Å². The van der Waals surface area contributed by atoms with Crippen LogP contribution in [0.3, 0.4) is 0 Å². The second-order valence-electron chi connectivity index (χ2n) is 4.51. The summed E-state index contributed by atoms with van der Waals surface area (Å²) >= 11 is 0. The number of carboxylic acids is 1. The van der Waals surface area contributed by atoms with Crippen LogP contribution in [0.2, 0.25) is 0 Å². The van der Waals surface area contributed by atoms with Crippen LogP contribution in [0, 0.1) is 0 Å². The van der Waals surface area contributed by atoms with Gasteiger partial charge in [0, 0.05) is 6.07 Å². The van der Waals surface area contributed by atoms with Gasteiger partial charge >= 0.3 is 5.97 Å². The number of amides is 1. The summed E-state index contributed by atoms with van der Waals surface area (Å²) in [6.45, 7) is 0. The molecule has 0 fully saturated rings. The van der Waals surface area contributed by atoms with E-state index >= 15 is 0 Å². The molecule has 0 spiro atoms.